The first kappa shape index (κ1) is 33.5. The van der Waals surface area contributed by atoms with Gasteiger partial charge in [-0.25, -0.2) is 9.97 Å². The van der Waals surface area contributed by atoms with Crippen molar-refractivity contribution in [1.29, 1.82) is 0 Å². The summed E-state index contributed by atoms with van der Waals surface area (Å²) in [5.41, 5.74) is 17.7. The molecule has 0 radical (unpaired) electrons. The number of aliphatic imine (C=N–C) groups is 1. The van der Waals surface area contributed by atoms with Crippen LogP contribution in [0.25, 0.3) is 0 Å². The van der Waals surface area contributed by atoms with Gasteiger partial charge in [0, 0.05) is 19.1 Å². The van der Waals surface area contributed by atoms with Crippen LogP contribution in [0.3, 0.4) is 0 Å². The fourth-order valence-electron chi connectivity index (χ4n) is 4.12. The van der Waals surface area contributed by atoms with Crippen molar-refractivity contribution in [3.05, 3.63) is 34.6 Å². The SMILES string of the molecule is C[C@@H](CCCCCCCCCCN=C(N)NC(=O)c1nc(Cl)c(N)nc1N)NC[C@@H](O)c1ccc(O)c(NC=O)c1. The zero-order valence-corrected chi connectivity index (χ0v) is 24.2. The van der Waals surface area contributed by atoms with E-state index < -0.39 is 12.0 Å². The number of benzene rings is 1. The zero-order chi connectivity index (χ0) is 30.2. The van der Waals surface area contributed by atoms with E-state index in [-0.39, 0.29) is 45.9 Å². The summed E-state index contributed by atoms with van der Waals surface area (Å²) in [5, 5.41) is 28.2. The number of nitrogens with one attached hydrogen (secondary N) is 3. The molecular formula is C27H42ClN9O4. The van der Waals surface area contributed by atoms with E-state index in [0.717, 1.165) is 44.9 Å². The molecule has 0 fully saturated rings. The van der Waals surface area contributed by atoms with Crippen LogP contribution in [0.15, 0.2) is 23.2 Å². The summed E-state index contributed by atoms with van der Waals surface area (Å²) >= 11 is 5.79. The van der Waals surface area contributed by atoms with Crippen molar-refractivity contribution < 1.29 is 19.8 Å². The quantitative estimate of drug-likeness (QED) is 0.0415. The monoisotopic (exact) mass is 591 g/mol. The number of aliphatic hydroxyl groups excluding tert-OH is 1. The molecule has 14 heteroatoms. The highest BCUT2D eigenvalue weighted by Crippen LogP contribution is 2.26. The standard InChI is InChI=1S/C27H42ClN9O4/c1-17(33-15-21(40)18-11-12-20(39)19(14-18)34-16-38)10-8-6-4-2-3-5-7-9-13-32-27(31)37-26(41)22-24(29)36-25(30)23(28)35-22/h11-12,14,16-17,21,33,39-40H,2-10,13,15H2,1H3,(H,34,38)(H4,29,30,36)(H3,31,32,37,41)/t17-,21+/m0/s1. The third-order valence-corrected chi connectivity index (χ3v) is 6.75. The maximum absolute atomic E-state index is 12.2. The Balaban J connectivity index is 1.49. The molecule has 41 heavy (non-hydrogen) atoms. The number of nitrogens with zero attached hydrogens (tertiary/aromatic N) is 3. The van der Waals surface area contributed by atoms with Crippen molar-refractivity contribution in [1.82, 2.24) is 20.6 Å². The van der Waals surface area contributed by atoms with Gasteiger partial charge in [-0.3, -0.25) is 19.9 Å². The largest absolute Gasteiger partial charge is 0.506 e. The molecule has 1 aromatic carbocycles. The summed E-state index contributed by atoms with van der Waals surface area (Å²) in [4.78, 5) is 34.6. The number of aliphatic hydroxyl groups is 1. The van der Waals surface area contributed by atoms with Gasteiger partial charge in [-0.1, -0.05) is 62.6 Å². The minimum absolute atomic E-state index is 0.0243. The molecule has 0 spiro atoms. The van der Waals surface area contributed by atoms with E-state index in [1.54, 1.807) is 12.1 Å². The summed E-state index contributed by atoms with van der Waals surface area (Å²) in [6.07, 6.45) is 9.51. The van der Waals surface area contributed by atoms with Crippen LogP contribution >= 0.6 is 11.6 Å². The van der Waals surface area contributed by atoms with Crippen LogP contribution in [-0.4, -0.2) is 57.6 Å². The number of anilines is 3. The first-order chi connectivity index (χ1) is 19.6. The number of aromatic nitrogens is 2. The molecule has 0 saturated carbocycles. The van der Waals surface area contributed by atoms with Gasteiger partial charge in [-0.05, 0) is 37.5 Å². The second-order valence-electron chi connectivity index (χ2n) is 9.84. The lowest BCUT2D eigenvalue weighted by Crippen LogP contribution is -2.38. The number of guanidine groups is 1. The van der Waals surface area contributed by atoms with Crippen LogP contribution < -0.4 is 33.2 Å². The Hall–Kier alpha value is -3.68. The predicted octanol–water partition coefficient (Wildman–Crippen LogP) is 2.84. The molecule has 1 aromatic heterocycles. The summed E-state index contributed by atoms with van der Waals surface area (Å²) in [6, 6.07) is 4.92. The molecule has 0 saturated heterocycles. The minimum Gasteiger partial charge on any atom is -0.506 e. The second kappa shape index (κ2) is 17.9. The third kappa shape index (κ3) is 12.2. The molecule has 0 aliphatic rings. The van der Waals surface area contributed by atoms with Gasteiger partial charge >= 0.3 is 0 Å². The molecule has 0 aliphatic carbocycles. The topological polar surface area (TPSA) is 227 Å². The molecule has 13 nitrogen and oxygen atoms in total. The molecular weight excluding hydrogens is 550 g/mol. The zero-order valence-electron chi connectivity index (χ0n) is 23.4. The van der Waals surface area contributed by atoms with Gasteiger partial charge in [-0.15, -0.1) is 0 Å². The maximum Gasteiger partial charge on any atom is 0.280 e. The number of phenolic OH excluding ortho intramolecular Hbond substituents is 1. The van der Waals surface area contributed by atoms with Gasteiger partial charge < -0.3 is 38.0 Å². The van der Waals surface area contributed by atoms with Crippen LogP contribution in [0, 0.1) is 0 Å². The van der Waals surface area contributed by atoms with E-state index in [9.17, 15) is 19.8 Å². The Labute approximate surface area is 245 Å². The van der Waals surface area contributed by atoms with Crippen LogP contribution in [-0.2, 0) is 4.79 Å². The highest BCUT2D eigenvalue weighted by molar-refractivity contribution is 6.31. The van der Waals surface area contributed by atoms with Crippen LogP contribution in [0.2, 0.25) is 5.15 Å². The van der Waals surface area contributed by atoms with Gasteiger partial charge in [-0.2, -0.15) is 0 Å². The average Bonchev–Trinajstić information content (AvgIpc) is 2.93. The molecule has 2 atom stereocenters. The summed E-state index contributed by atoms with van der Waals surface area (Å²) < 4.78 is 0. The molecule has 0 aliphatic heterocycles. The van der Waals surface area contributed by atoms with E-state index in [1.807, 2.05) is 0 Å². The van der Waals surface area contributed by atoms with E-state index in [0.29, 0.717) is 25.1 Å². The van der Waals surface area contributed by atoms with Crippen molar-refractivity contribution in [2.45, 2.75) is 76.9 Å². The number of nitrogen functional groups attached to an aromatic ring is 2. The Bertz CT molecular complexity index is 1170. The number of halogens is 1. The fraction of sp³-hybridized carbons (Fsp3) is 0.519. The Morgan fingerprint density at radius 3 is 2.41 bits per heavy atom. The second-order valence-corrected chi connectivity index (χ2v) is 10.2. The summed E-state index contributed by atoms with van der Waals surface area (Å²) in [7, 11) is 0. The number of carbonyl (C=O) groups is 2. The molecule has 2 aromatic rings. The van der Waals surface area contributed by atoms with Crippen molar-refractivity contribution in [3.63, 3.8) is 0 Å². The van der Waals surface area contributed by atoms with Crippen molar-refractivity contribution in [2.24, 2.45) is 10.7 Å². The predicted molar refractivity (Wildman–Crippen MR) is 162 cm³/mol. The minimum atomic E-state index is -0.741. The number of amides is 2. The lowest BCUT2D eigenvalue weighted by molar-refractivity contribution is -0.105. The fourth-order valence-corrected chi connectivity index (χ4v) is 4.25. The van der Waals surface area contributed by atoms with Crippen molar-refractivity contribution >= 4 is 47.2 Å². The number of hydrogen-bond acceptors (Lipinski definition) is 10. The molecule has 1 heterocycles. The normalized spacial score (nSPS) is 13.0. The van der Waals surface area contributed by atoms with Crippen molar-refractivity contribution in [2.75, 3.05) is 29.9 Å². The molecule has 226 valence electrons. The summed E-state index contributed by atoms with van der Waals surface area (Å²) in [6.45, 7) is 2.98. The lowest BCUT2D eigenvalue weighted by Gasteiger charge is -2.18. The number of nitrogens with two attached hydrogens (primary N) is 3. The molecule has 0 unspecified atom stereocenters. The number of hydrogen-bond donors (Lipinski definition) is 8. The number of phenols is 1. The number of aromatic hydroxyl groups is 1. The third-order valence-electron chi connectivity index (χ3n) is 6.47. The van der Waals surface area contributed by atoms with Gasteiger partial charge in [0.15, 0.2) is 28.4 Å². The van der Waals surface area contributed by atoms with Crippen LogP contribution in [0.1, 0.15) is 86.9 Å². The maximum atomic E-state index is 12.2. The molecule has 0 bridgehead atoms. The average molecular weight is 592 g/mol. The van der Waals surface area contributed by atoms with E-state index in [2.05, 4.69) is 37.8 Å². The smallest absolute Gasteiger partial charge is 0.280 e. The first-order valence-corrected chi connectivity index (χ1v) is 14.1. The van der Waals surface area contributed by atoms with E-state index in [1.165, 1.54) is 18.9 Å². The van der Waals surface area contributed by atoms with Gasteiger partial charge in [0.05, 0.1) is 11.8 Å². The first-order valence-electron chi connectivity index (χ1n) is 13.8. The Morgan fingerprint density at radius 1 is 1.07 bits per heavy atom. The number of rotatable bonds is 18. The highest BCUT2D eigenvalue weighted by atomic mass is 35.5. The van der Waals surface area contributed by atoms with E-state index >= 15 is 0 Å². The van der Waals surface area contributed by atoms with Crippen LogP contribution in [0.4, 0.5) is 17.3 Å². The number of unbranched alkanes of at least 4 members (excludes halogenated alkanes) is 7. The van der Waals surface area contributed by atoms with Gasteiger partial charge in [0.2, 0.25) is 6.41 Å². The highest BCUT2D eigenvalue weighted by Gasteiger charge is 2.16. The summed E-state index contributed by atoms with van der Waals surface area (Å²) in [5.74, 6) is -0.925. The van der Waals surface area contributed by atoms with Gasteiger partial charge in [0.25, 0.3) is 5.91 Å². The van der Waals surface area contributed by atoms with Crippen LogP contribution in [0.5, 0.6) is 5.75 Å². The lowest BCUT2D eigenvalue weighted by atomic mass is 10.0. The van der Waals surface area contributed by atoms with E-state index in [4.69, 9.17) is 28.8 Å². The van der Waals surface area contributed by atoms with Crippen molar-refractivity contribution in [3.8, 4) is 5.75 Å². The van der Waals surface area contributed by atoms with Gasteiger partial charge in [0.1, 0.15) is 5.75 Å². The molecule has 11 N–H and O–H groups in total. The molecule has 2 amide bonds. The number of carbonyl (C=O) groups excluding carboxylic acids is 2. The Morgan fingerprint density at radius 2 is 1.73 bits per heavy atom. The Kier molecular flexibility index (Phi) is 14.6. The molecule has 2 rings (SSSR count).